The quantitative estimate of drug-likeness (QED) is 0.802. The van der Waals surface area contributed by atoms with Crippen molar-refractivity contribution in [2.24, 2.45) is 11.7 Å². The molecule has 4 nitrogen and oxygen atoms in total. The number of rotatable bonds is 4. The van der Waals surface area contributed by atoms with Crippen molar-refractivity contribution in [2.75, 3.05) is 13.1 Å². The number of piperidine rings is 1. The third kappa shape index (κ3) is 4.64. The monoisotopic (exact) mass is 392 g/mol. The van der Waals surface area contributed by atoms with Crippen LogP contribution in [0.25, 0.3) is 0 Å². The molecule has 6 heteroatoms. The predicted octanol–water partition coefficient (Wildman–Crippen LogP) is 3.88. The molecule has 0 radical (unpaired) electrons. The van der Waals surface area contributed by atoms with E-state index in [0.29, 0.717) is 36.5 Å². The molecule has 3 rings (SSSR count). The van der Waals surface area contributed by atoms with Crippen molar-refractivity contribution < 1.29 is 9.59 Å². The molecule has 1 aliphatic heterocycles. The summed E-state index contributed by atoms with van der Waals surface area (Å²) >= 11 is 5.87. The topological polar surface area (TPSA) is 63.4 Å². The van der Waals surface area contributed by atoms with E-state index in [0.717, 1.165) is 5.56 Å². The number of hydrogen-bond acceptors (Lipinski definition) is 3. The van der Waals surface area contributed by atoms with Gasteiger partial charge in [-0.1, -0.05) is 41.9 Å². The van der Waals surface area contributed by atoms with Crippen LogP contribution in [0.1, 0.15) is 34.8 Å². The van der Waals surface area contributed by atoms with Crippen LogP contribution in [0.15, 0.2) is 54.6 Å². The number of amides is 1. The van der Waals surface area contributed by atoms with E-state index in [-0.39, 0.29) is 30.0 Å². The maximum absolute atomic E-state index is 12.6. The summed E-state index contributed by atoms with van der Waals surface area (Å²) in [5, 5.41) is 0.617. The summed E-state index contributed by atoms with van der Waals surface area (Å²) in [7, 11) is 0. The van der Waals surface area contributed by atoms with E-state index in [2.05, 4.69) is 0 Å². The number of nitrogens with zero attached hydrogens (tertiary/aromatic N) is 1. The molecule has 0 spiro atoms. The summed E-state index contributed by atoms with van der Waals surface area (Å²) in [6.07, 6.45) is 1.32. The summed E-state index contributed by atoms with van der Waals surface area (Å²) in [4.78, 5) is 26.9. The zero-order chi connectivity index (χ0) is 17.8. The number of likely N-dealkylation sites (tertiary alicyclic amines) is 1. The van der Waals surface area contributed by atoms with Crippen LogP contribution < -0.4 is 5.73 Å². The molecule has 1 aliphatic rings. The molecule has 26 heavy (non-hydrogen) atoms. The standard InChI is InChI=1S/C20H21ClN2O2.ClH/c21-17-8-6-15(7-9-17)19(24)16-10-12-23(13-11-16)20(25)18(22)14-4-2-1-3-5-14;/h1-9,16,18H,10-13,22H2;1H. The van der Waals surface area contributed by atoms with Gasteiger partial charge in [0.15, 0.2) is 5.78 Å². The van der Waals surface area contributed by atoms with Gasteiger partial charge in [0, 0.05) is 29.6 Å². The molecule has 1 fully saturated rings. The SMILES string of the molecule is Cl.NC(C(=O)N1CCC(C(=O)c2ccc(Cl)cc2)CC1)c1ccccc1. The van der Waals surface area contributed by atoms with Gasteiger partial charge in [-0.05, 0) is 42.7 Å². The van der Waals surface area contributed by atoms with E-state index in [4.69, 9.17) is 17.3 Å². The molecule has 2 aromatic rings. The van der Waals surface area contributed by atoms with Crippen LogP contribution >= 0.6 is 24.0 Å². The molecule has 1 saturated heterocycles. The van der Waals surface area contributed by atoms with Gasteiger partial charge in [0.1, 0.15) is 6.04 Å². The first-order valence-electron chi connectivity index (χ1n) is 8.45. The van der Waals surface area contributed by atoms with Gasteiger partial charge < -0.3 is 10.6 Å². The van der Waals surface area contributed by atoms with Crippen LogP contribution in [-0.2, 0) is 4.79 Å². The second-order valence-corrected chi connectivity index (χ2v) is 6.80. The summed E-state index contributed by atoms with van der Waals surface area (Å²) in [6.45, 7) is 1.12. The van der Waals surface area contributed by atoms with Crippen LogP contribution in [0.5, 0.6) is 0 Å². The van der Waals surface area contributed by atoms with Gasteiger partial charge >= 0.3 is 0 Å². The molecular formula is C20H22Cl2N2O2. The van der Waals surface area contributed by atoms with Crippen molar-refractivity contribution in [3.63, 3.8) is 0 Å². The second kappa shape index (κ2) is 9.17. The number of halogens is 2. The second-order valence-electron chi connectivity index (χ2n) is 6.36. The zero-order valence-electron chi connectivity index (χ0n) is 14.3. The summed E-state index contributed by atoms with van der Waals surface area (Å²) < 4.78 is 0. The summed E-state index contributed by atoms with van der Waals surface area (Å²) in [5.74, 6) is -0.0158. The van der Waals surface area contributed by atoms with Crippen LogP contribution in [-0.4, -0.2) is 29.7 Å². The Morgan fingerprint density at radius 1 is 1.00 bits per heavy atom. The minimum absolute atomic E-state index is 0. The minimum atomic E-state index is -0.648. The number of carbonyl (C=O) groups is 2. The fourth-order valence-corrected chi connectivity index (χ4v) is 3.34. The molecule has 1 atom stereocenters. The summed E-state index contributed by atoms with van der Waals surface area (Å²) in [5.41, 5.74) is 7.59. The molecule has 0 aromatic heterocycles. The third-order valence-electron chi connectivity index (χ3n) is 4.73. The van der Waals surface area contributed by atoms with Gasteiger partial charge in [0.2, 0.25) is 5.91 Å². The lowest BCUT2D eigenvalue weighted by atomic mass is 9.88. The molecular weight excluding hydrogens is 371 g/mol. The van der Waals surface area contributed by atoms with Crippen molar-refractivity contribution in [3.05, 3.63) is 70.7 Å². The Kier molecular flexibility index (Phi) is 7.21. The first kappa shape index (κ1) is 20.4. The lowest BCUT2D eigenvalue weighted by Gasteiger charge is -2.33. The molecule has 1 unspecified atom stereocenters. The smallest absolute Gasteiger partial charge is 0.244 e. The number of Topliss-reactive ketones (excluding diaryl/α,β-unsaturated/α-hetero) is 1. The Bertz CT molecular complexity index is 742. The highest BCUT2D eigenvalue weighted by Crippen LogP contribution is 2.24. The number of nitrogens with two attached hydrogens (primary N) is 1. The average molecular weight is 393 g/mol. The van der Waals surface area contributed by atoms with E-state index in [9.17, 15) is 9.59 Å². The van der Waals surface area contributed by atoms with Crippen molar-refractivity contribution in [1.82, 2.24) is 4.90 Å². The van der Waals surface area contributed by atoms with E-state index in [1.54, 1.807) is 29.2 Å². The lowest BCUT2D eigenvalue weighted by Crippen LogP contribution is -2.44. The molecule has 2 N–H and O–H groups in total. The normalized spacial score (nSPS) is 15.8. The zero-order valence-corrected chi connectivity index (χ0v) is 15.9. The number of carbonyl (C=O) groups excluding carboxylic acids is 2. The molecule has 0 bridgehead atoms. The van der Waals surface area contributed by atoms with Crippen molar-refractivity contribution in [1.29, 1.82) is 0 Å². The van der Waals surface area contributed by atoms with E-state index in [1.807, 2.05) is 30.3 Å². The fourth-order valence-electron chi connectivity index (χ4n) is 3.21. The van der Waals surface area contributed by atoms with Crippen molar-refractivity contribution in [3.8, 4) is 0 Å². The highest BCUT2D eigenvalue weighted by atomic mass is 35.5. The van der Waals surface area contributed by atoms with Crippen LogP contribution in [0.3, 0.4) is 0 Å². The van der Waals surface area contributed by atoms with Gasteiger partial charge in [-0.3, -0.25) is 9.59 Å². The average Bonchev–Trinajstić information content (AvgIpc) is 2.67. The Balaban J connectivity index is 0.00000243. The summed E-state index contributed by atoms with van der Waals surface area (Å²) in [6, 6.07) is 15.7. The Morgan fingerprint density at radius 2 is 1.58 bits per heavy atom. The number of ketones is 1. The fraction of sp³-hybridized carbons (Fsp3) is 0.300. The van der Waals surface area contributed by atoms with E-state index in [1.165, 1.54) is 0 Å². The molecule has 1 heterocycles. The van der Waals surface area contributed by atoms with Crippen LogP contribution in [0.4, 0.5) is 0 Å². The Morgan fingerprint density at radius 3 is 2.15 bits per heavy atom. The highest BCUT2D eigenvalue weighted by molar-refractivity contribution is 6.30. The minimum Gasteiger partial charge on any atom is -0.341 e. The van der Waals surface area contributed by atoms with Gasteiger partial charge in [0.05, 0.1) is 0 Å². The van der Waals surface area contributed by atoms with Gasteiger partial charge in [-0.15, -0.1) is 12.4 Å². The molecule has 0 aliphatic carbocycles. The van der Waals surface area contributed by atoms with Crippen LogP contribution in [0.2, 0.25) is 5.02 Å². The van der Waals surface area contributed by atoms with E-state index >= 15 is 0 Å². The maximum atomic E-state index is 12.6. The first-order chi connectivity index (χ1) is 12.1. The number of benzene rings is 2. The molecule has 138 valence electrons. The molecule has 0 saturated carbocycles. The Labute approximate surface area is 164 Å². The Hall–Kier alpha value is -1.88. The van der Waals surface area contributed by atoms with Gasteiger partial charge in [0.25, 0.3) is 0 Å². The molecule has 1 amide bonds. The largest absolute Gasteiger partial charge is 0.341 e. The third-order valence-corrected chi connectivity index (χ3v) is 4.98. The van der Waals surface area contributed by atoms with E-state index < -0.39 is 6.04 Å². The van der Waals surface area contributed by atoms with Crippen molar-refractivity contribution >= 4 is 35.7 Å². The van der Waals surface area contributed by atoms with Gasteiger partial charge in [-0.25, -0.2) is 0 Å². The lowest BCUT2D eigenvalue weighted by molar-refractivity contribution is -0.134. The predicted molar refractivity (Wildman–Crippen MR) is 106 cm³/mol. The molecule has 2 aromatic carbocycles. The number of hydrogen-bond donors (Lipinski definition) is 1. The first-order valence-corrected chi connectivity index (χ1v) is 8.83. The maximum Gasteiger partial charge on any atom is 0.244 e. The van der Waals surface area contributed by atoms with Crippen LogP contribution in [0, 0.1) is 5.92 Å². The van der Waals surface area contributed by atoms with Crippen molar-refractivity contribution in [2.45, 2.75) is 18.9 Å². The highest BCUT2D eigenvalue weighted by Gasteiger charge is 2.30. The van der Waals surface area contributed by atoms with Gasteiger partial charge in [-0.2, -0.15) is 0 Å².